The molecule has 0 atom stereocenters. The van der Waals surface area contributed by atoms with E-state index in [0.29, 0.717) is 5.89 Å². The van der Waals surface area contributed by atoms with Gasteiger partial charge in [-0.3, -0.25) is 0 Å². The Morgan fingerprint density at radius 2 is 2.18 bits per heavy atom. The Hall–Kier alpha value is -1.55. The molecule has 2 aromatic heterocycles. The average Bonchev–Trinajstić information content (AvgIpc) is 2.86. The minimum Gasteiger partial charge on any atom is -0.466 e. The zero-order valence-electron chi connectivity index (χ0n) is 10.5. The van der Waals surface area contributed by atoms with Gasteiger partial charge in [0.25, 0.3) is 0 Å². The third kappa shape index (κ3) is 2.77. The van der Waals surface area contributed by atoms with Gasteiger partial charge in [-0.05, 0) is 32.9 Å². The molecule has 0 unspecified atom stereocenters. The van der Waals surface area contributed by atoms with Crippen molar-refractivity contribution in [3.63, 3.8) is 0 Å². The first-order valence-corrected chi connectivity index (χ1v) is 5.93. The van der Waals surface area contributed by atoms with E-state index in [1.165, 1.54) is 0 Å². The summed E-state index contributed by atoms with van der Waals surface area (Å²) in [5.74, 6) is 2.35. The van der Waals surface area contributed by atoms with Gasteiger partial charge in [-0.1, -0.05) is 6.92 Å². The smallest absolute Gasteiger partial charge is 0.229 e. The summed E-state index contributed by atoms with van der Waals surface area (Å²) in [4.78, 5) is 4.44. The van der Waals surface area contributed by atoms with Gasteiger partial charge >= 0.3 is 0 Å². The SMILES string of the molecule is CCCNCc1coc(-c2cc(C)oc2C)n1. The van der Waals surface area contributed by atoms with E-state index >= 15 is 0 Å². The van der Waals surface area contributed by atoms with Crippen LogP contribution in [0.5, 0.6) is 0 Å². The third-order valence-corrected chi connectivity index (χ3v) is 2.56. The van der Waals surface area contributed by atoms with E-state index in [1.807, 2.05) is 19.9 Å². The molecule has 0 saturated carbocycles. The van der Waals surface area contributed by atoms with Gasteiger partial charge in [0.15, 0.2) is 0 Å². The molecule has 2 rings (SSSR count). The minimum atomic E-state index is 0.632. The van der Waals surface area contributed by atoms with Crippen LogP contribution in [0.15, 0.2) is 21.2 Å². The number of nitrogens with zero attached hydrogens (tertiary/aromatic N) is 1. The van der Waals surface area contributed by atoms with Gasteiger partial charge in [0, 0.05) is 6.54 Å². The van der Waals surface area contributed by atoms with E-state index < -0.39 is 0 Å². The van der Waals surface area contributed by atoms with Crippen LogP contribution >= 0.6 is 0 Å². The number of hydrogen-bond acceptors (Lipinski definition) is 4. The lowest BCUT2D eigenvalue weighted by molar-refractivity contribution is 0.502. The summed E-state index contributed by atoms with van der Waals surface area (Å²) in [6, 6.07) is 1.95. The van der Waals surface area contributed by atoms with Gasteiger partial charge < -0.3 is 14.2 Å². The van der Waals surface area contributed by atoms with Gasteiger partial charge in [0.1, 0.15) is 17.8 Å². The molecule has 0 radical (unpaired) electrons. The van der Waals surface area contributed by atoms with E-state index in [0.717, 1.165) is 42.3 Å². The fourth-order valence-electron chi connectivity index (χ4n) is 1.75. The number of furan rings is 1. The van der Waals surface area contributed by atoms with Crippen LogP contribution < -0.4 is 5.32 Å². The van der Waals surface area contributed by atoms with E-state index in [2.05, 4.69) is 17.2 Å². The Morgan fingerprint density at radius 3 is 2.82 bits per heavy atom. The van der Waals surface area contributed by atoms with Crippen LogP contribution in [0.4, 0.5) is 0 Å². The molecule has 92 valence electrons. The zero-order chi connectivity index (χ0) is 12.3. The van der Waals surface area contributed by atoms with Gasteiger partial charge in [-0.2, -0.15) is 0 Å². The fourth-order valence-corrected chi connectivity index (χ4v) is 1.75. The van der Waals surface area contributed by atoms with Crippen molar-refractivity contribution in [2.45, 2.75) is 33.7 Å². The lowest BCUT2D eigenvalue weighted by Gasteiger charge is -1.97. The Morgan fingerprint density at radius 1 is 1.35 bits per heavy atom. The number of hydrogen-bond donors (Lipinski definition) is 1. The Labute approximate surface area is 101 Å². The molecule has 17 heavy (non-hydrogen) atoms. The maximum Gasteiger partial charge on any atom is 0.229 e. The molecule has 0 spiro atoms. The summed E-state index contributed by atoms with van der Waals surface area (Å²) in [7, 11) is 0. The van der Waals surface area contributed by atoms with Crippen molar-refractivity contribution in [2.75, 3.05) is 6.54 Å². The van der Waals surface area contributed by atoms with Crippen LogP contribution in [-0.2, 0) is 6.54 Å². The Balaban J connectivity index is 2.10. The number of aryl methyl sites for hydroxylation is 2. The van der Waals surface area contributed by atoms with Crippen LogP contribution in [0.2, 0.25) is 0 Å². The van der Waals surface area contributed by atoms with E-state index in [-0.39, 0.29) is 0 Å². The van der Waals surface area contributed by atoms with Crippen molar-refractivity contribution in [1.82, 2.24) is 10.3 Å². The Bertz CT molecular complexity index is 485. The Kier molecular flexibility index (Phi) is 3.64. The van der Waals surface area contributed by atoms with Gasteiger partial charge in [0.2, 0.25) is 5.89 Å². The topological polar surface area (TPSA) is 51.2 Å². The summed E-state index contributed by atoms with van der Waals surface area (Å²) in [6.45, 7) is 7.71. The summed E-state index contributed by atoms with van der Waals surface area (Å²) in [5, 5.41) is 3.29. The second kappa shape index (κ2) is 5.19. The fraction of sp³-hybridized carbons (Fsp3) is 0.462. The lowest BCUT2D eigenvalue weighted by Crippen LogP contribution is -2.13. The highest BCUT2D eigenvalue weighted by Crippen LogP contribution is 2.25. The average molecular weight is 234 g/mol. The molecule has 0 aliphatic rings. The maximum absolute atomic E-state index is 5.46. The van der Waals surface area contributed by atoms with Crippen LogP contribution in [0.3, 0.4) is 0 Å². The molecule has 2 aromatic rings. The number of oxazole rings is 1. The third-order valence-electron chi connectivity index (χ3n) is 2.56. The van der Waals surface area contributed by atoms with Gasteiger partial charge in [0.05, 0.1) is 11.3 Å². The van der Waals surface area contributed by atoms with E-state index in [1.54, 1.807) is 6.26 Å². The molecular weight excluding hydrogens is 216 g/mol. The highest BCUT2D eigenvalue weighted by molar-refractivity contribution is 5.56. The van der Waals surface area contributed by atoms with Crippen molar-refractivity contribution in [1.29, 1.82) is 0 Å². The van der Waals surface area contributed by atoms with Crippen molar-refractivity contribution >= 4 is 0 Å². The normalized spacial score (nSPS) is 11.0. The predicted octanol–water partition coefficient (Wildman–Crippen LogP) is 3.05. The molecule has 0 amide bonds. The molecule has 0 fully saturated rings. The van der Waals surface area contributed by atoms with Gasteiger partial charge in [-0.25, -0.2) is 4.98 Å². The summed E-state index contributed by atoms with van der Waals surface area (Å²) in [6.07, 6.45) is 2.81. The summed E-state index contributed by atoms with van der Waals surface area (Å²) < 4.78 is 10.9. The molecule has 4 nitrogen and oxygen atoms in total. The highest BCUT2D eigenvalue weighted by Gasteiger charge is 2.12. The van der Waals surface area contributed by atoms with E-state index in [4.69, 9.17) is 8.83 Å². The number of nitrogens with one attached hydrogen (secondary N) is 1. The van der Waals surface area contributed by atoms with Crippen LogP contribution in [0.1, 0.15) is 30.6 Å². The molecule has 0 bridgehead atoms. The standard InChI is InChI=1S/C13H18N2O2/c1-4-5-14-7-11-8-16-13(15-11)12-6-9(2)17-10(12)3/h6,8,14H,4-5,7H2,1-3H3. The molecule has 0 aliphatic heterocycles. The summed E-state index contributed by atoms with van der Waals surface area (Å²) in [5.41, 5.74) is 1.86. The largest absolute Gasteiger partial charge is 0.466 e. The molecule has 4 heteroatoms. The zero-order valence-corrected chi connectivity index (χ0v) is 10.5. The van der Waals surface area contributed by atoms with Crippen LogP contribution in [0, 0.1) is 13.8 Å². The first kappa shape index (κ1) is 11.9. The summed E-state index contributed by atoms with van der Waals surface area (Å²) >= 11 is 0. The minimum absolute atomic E-state index is 0.632. The first-order valence-electron chi connectivity index (χ1n) is 5.93. The molecule has 2 heterocycles. The van der Waals surface area contributed by atoms with Crippen LogP contribution in [0.25, 0.3) is 11.5 Å². The monoisotopic (exact) mass is 234 g/mol. The van der Waals surface area contributed by atoms with Crippen molar-refractivity contribution in [3.8, 4) is 11.5 Å². The number of rotatable bonds is 5. The quantitative estimate of drug-likeness (QED) is 0.808. The molecule has 0 aromatic carbocycles. The molecule has 1 N–H and O–H groups in total. The van der Waals surface area contributed by atoms with E-state index in [9.17, 15) is 0 Å². The van der Waals surface area contributed by atoms with Crippen molar-refractivity contribution in [2.24, 2.45) is 0 Å². The van der Waals surface area contributed by atoms with Crippen molar-refractivity contribution < 1.29 is 8.83 Å². The van der Waals surface area contributed by atoms with Crippen LogP contribution in [-0.4, -0.2) is 11.5 Å². The highest BCUT2D eigenvalue weighted by atomic mass is 16.4. The van der Waals surface area contributed by atoms with Gasteiger partial charge in [-0.15, -0.1) is 0 Å². The first-order chi connectivity index (χ1) is 8.20. The lowest BCUT2D eigenvalue weighted by atomic mass is 10.2. The molecule has 0 saturated heterocycles. The molecule has 0 aliphatic carbocycles. The second-order valence-corrected chi connectivity index (χ2v) is 4.15. The molecular formula is C13H18N2O2. The maximum atomic E-state index is 5.46. The number of aromatic nitrogens is 1. The second-order valence-electron chi connectivity index (χ2n) is 4.15. The van der Waals surface area contributed by atoms with Crippen molar-refractivity contribution in [3.05, 3.63) is 29.5 Å². The predicted molar refractivity (Wildman–Crippen MR) is 65.7 cm³/mol.